The Morgan fingerprint density at radius 2 is 1.84 bits per heavy atom. The van der Waals surface area contributed by atoms with Crippen LogP contribution in [0.3, 0.4) is 0 Å². The molecule has 1 saturated heterocycles. The quantitative estimate of drug-likeness (QED) is 0.879. The lowest BCUT2D eigenvalue weighted by molar-refractivity contribution is 0.129. The van der Waals surface area contributed by atoms with E-state index < -0.39 is 0 Å². The van der Waals surface area contributed by atoms with Crippen LogP contribution in [0.25, 0.3) is 11.1 Å². The van der Waals surface area contributed by atoms with Gasteiger partial charge in [-0.05, 0) is 36.5 Å². The van der Waals surface area contributed by atoms with Gasteiger partial charge >= 0.3 is 6.03 Å². The van der Waals surface area contributed by atoms with Crippen LogP contribution in [0.5, 0.6) is 0 Å². The summed E-state index contributed by atoms with van der Waals surface area (Å²) in [4.78, 5) is 14.0. The molecule has 2 N–H and O–H groups in total. The van der Waals surface area contributed by atoms with Crippen LogP contribution in [0, 0.1) is 5.92 Å². The third kappa shape index (κ3) is 4.60. The molecule has 1 heterocycles. The maximum absolute atomic E-state index is 12.2. The van der Waals surface area contributed by atoms with Crippen LogP contribution in [-0.4, -0.2) is 41.8 Å². The third-order valence-electron chi connectivity index (χ3n) is 4.95. The van der Waals surface area contributed by atoms with Crippen molar-refractivity contribution >= 4 is 6.03 Å². The van der Waals surface area contributed by atoms with E-state index in [1.807, 2.05) is 18.2 Å². The number of rotatable bonds is 5. The Hall–Kier alpha value is -2.33. The van der Waals surface area contributed by atoms with E-state index in [0.717, 1.165) is 19.4 Å². The number of aliphatic hydroxyl groups is 1. The molecule has 1 fully saturated rings. The second-order valence-corrected chi connectivity index (χ2v) is 6.78. The van der Waals surface area contributed by atoms with E-state index in [0.29, 0.717) is 13.1 Å². The topological polar surface area (TPSA) is 52.6 Å². The van der Waals surface area contributed by atoms with E-state index in [1.165, 1.54) is 16.7 Å². The Morgan fingerprint density at radius 1 is 1.16 bits per heavy atom. The first-order chi connectivity index (χ1) is 12.1. The van der Waals surface area contributed by atoms with Gasteiger partial charge < -0.3 is 15.3 Å². The Balaban J connectivity index is 1.45. The van der Waals surface area contributed by atoms with E-state index in [9.17, 15) is 9.90 Å². The van der Waals surface area contributed by atoms with Crippen molar-refractivity contribution in [2.45, 2.75) is 25.9 Å². The van der Waals surface area contributed by atoms with Gasteiger partial charge in [0, 0.05) is 25.6 Å². The summed E-state index contributed by atoms with van der Waals surface area (Å²) in [6, 6.07) is 18.8. The lowest BCUT2D eigenvalue weighted by Crippen LogP contribution is -2.39. The SMILES string of the molecule is C[C@@H](O)[C@H]1CCN(C(=O)NCCc2ccc(-c3ccccc3)cc2)C1. The van der Waals surface area contributed by atoms with Gasteiger partial charge in [-0.3, -0.25) is 0 Å². The molecule has 2 amide bonds. The largest absolute Gasteiger partial charge is 0.393 e. The zero-order valence-electron chi connectivity index (χ0n) is 14.7. The molecule has 4 heteroatoms. The summed E-state index contributed by atoms with van der Waals surface area (Å²) in [5.41, 5.74) is 3.63. The second-order valence-electron chi connectivity index (χ2n) is 6.78. The third-order valence-corrected chi connectivity index (χ3v) is 4.95. The summed E-state index contributed by atoms with van der Waals surface area (Å²) < 4.78 is 0. The fourth-order valence-corrected chi connectivity index (χ4v) is 3.29. The van der Waals surface area contributed by atoms with Crippen molar-refractivity contribution in [2.75, 3.05) is 19.6 Å². The minimum atomic E-state index is -0.346. The molecule has 3 rings (SSSR count). The van der Waals surface area contributed by atoms with E-state index >= 15 is 0 Å². The predicted molar refractivity (Wildman–Crippen MR) is 100 cm³/mol. The average molecular weight is 338 g/mol. The maximum Gasteiger partial charge on any atom is 0.317 e. The Bertz CT molecular complexity index is 683. The number of amides is 2. The number of nitrogens with one attached hydrogen (secondary N) is 1. The van der Waals surface area contributed by atoms with Gasteiger partial charge in [0.2, 0.25) is 0 Å². The highest BCUT2D eigenvalue weighted by Gasteiger charge is 2.28. The van der Waals surface area contributed by atoms with Crippen LogP contribution in [0.2, 0.25) is 0 Å². The highest BCUT2D eigenvalue weighted by Crippen LogP contribution is 2.20. The first kappa shape index (κ1) is 17.5. The number of nitrogens with zero attached hydrogens (tertiary/aromatic N) is 1. The van der Waals surface area contributed by atoms with Crippen LogP contribution in [0.15, 0.2) is 54.6 Å². The van der Waals surface area contributed by atoms with Crippen molar-refractivity contribution in [3.05, 3.63) is 60.2 Å². The number of benzene rings is 2. The van der Waals surface area contributed by atoms with E-state index in [1.54, 1.807) is 11.8 Å². The van der Waals surface area contributed by atoms with E-state index in [-0.39, 0.29) is 18.1 Å². The van der Waals surface area contributed by atoms with Gasteiger partial charge in [0.05, 0.1) is 6.10 Å². The molecule has 0 saturated carbocycles. The molecule has 25 heavy (non-hydrogen) atoms. The Morgan fingerprint density at radius 3 is 2.48 bits per heavy atom. The molecule has 2 aromatic rings. The number of likely N-dealkylation sites (tertiary alicyclic amines) is 1. The van der Waals surface area contributed by atoms with E-state index in [4.69, 9.17) is 0 Å². The van der Waals surface area contributed by atoms with Gasteiger partial charge in [-0.2, -0.15) is 0 Å². The first-order valence-electron chi connectivity index (χ1n) is 8.98. The second kappa shape index (κ2) is 8.17. The van der Waals surface area contributed by atoms with Crippen molar-refractivity contribution < 1.29 is 9.90 Å². The highest BCUT2D eigenvalue weighted by molar-refractivity contribution is 5.74. The minimum absolute atomic E-state index is 0.0240. The summed E-state index contributed by atoms with van der Waals surface area (Å²) in [5.74, 6) is 0.205. The standard InChI is InChI=1S/C21H26N2O2/c1-16(24)20-12-14-23(15-20)21(25)22-13-11-17-7-9-19(10-8-17)18-5-3-2-4-6-18/h2-10,16,20,24H,11-15H2,1H3,(H,22,25)/t16-,20+/m1/s1. The summed E-state index contributed by atoms with van der Waals surface area (Å²) in [5, 5.41) is 12.6. The molecular formula is C21H26N2O2. The Labute approximate surface area is 149 Å². The molecule has 0 spiro atoms. The van der Waals surface area contributed by atoms with Crippen LogP contribution in [0.4, 0.5) is 4.79 Å². The van der Waals surface area contributed by atoms with Crippen molar-refractivity contribution in [1.82, 2.24) is 10.2 Å². The number of hydrogen-bond donors (Lipinski definition) is 2. The summed E-state index contributed by atoms with van der Waals surface area (Å²) in [6.07, 6.45) is 1.35. The molecule has 4 nitrogen and oxygen atoms in total. The number of carbonyl (C=O) groups is 1. The zero-order valence-corrected chi connectivity index (χ0v) is 14.7. The average Bonchev–Trinajstić information content (AvgIpc) is 3.14. The van der Waals surface area contributed by atoms with Crippen LogP contribution < -0.4 is 5.32 Å². The van der Waals surface area contributed by atoms with Crippen LogP contribution in [-0.2, 0) is 6.42 Å². The molecule has 132 valence electrons. The molecule has 0 aromatic heterocycles. The lowest BCUT2D eigenvalue weighted by Gasteiger charge is -2.18. The highest BCUT2D eigenvalue weighted by atomic mass is 16.3. The molecule has 1 aliphatic rings. The van der Waals surface area contributed by atoms with Crippen molar-refractivity contribution in [3.8, 4) is 11.1 Å². The summed E-state index contributed by atoms with van der Waals surface area (Å²) in [7, 11) is 0. The van der Waals surface area contributed by atoms with Gasteiger partial charge in [-0.25, -0.2) is 4.79 Å². The molecule has 1 aliphatic heterocycles. The molecule has 2 atom stereocenters. The molecule has 0 radical (unpaired) electrons. The molecule has 0 unspecified atom stereocenters. The fraction of sp³-hybridized carbons (Fsp3) is 0.381. The molecular weight excluding hydrogens is 312 g/mol. The van der Waals surface area contributed by atoms with Crippen molar-refractivity contribution in [3.63, 3.8) is 0 Å². The predicted octanol–water partition coefficient (Wildman–Crippen LogP) is 3.31. The molecule has 2 aromatic carbocycles. The van der Waals surface area contributed by atoms with Gasteiger partial charge in [0.15, 0.2) is 0 Å². The fourth-order valence-electron chi connectivity index (χ4n) is 3.29. The van der Waals surface area contributed by atoms with Gasteiger partial charge in [0.1, 0.15) is 0 Å². The number of carbonyl (C=O) groups excluding carboxylic acids is 1. The lowest BCUT2D eigenvalue weighted by atomic mass is 10.0. The van der Waals surface area contributed by atoms with Gasteiger partial charge in [-0.15, -0.1) is 0 Å². The number of hydrogen-bond acceptors (Lipinski definition) is 2. The first-order valence-corrected chi connectivity index (χ1v) is 8.98. The monoisotopic (exact) mass is 338 g/mol. The normalized spacial score (nSPS) is 18.2. The maximum atomic E-state index is 12.2. The minimum Gasteiger partial charge on any atom is -0.393 e. The molecule has 0 bridgehead atoms. The zero-order chi connectivity index (χ0) is 17.6. The summed E-state index contributed by atoms with van der Waals surface area (Å²) >= 11 is 0. The van der Waals surface area contributed by atoms with Crippen LogP contribution >= 0.6 is 0 Å². The molecule has 0 aliphatic carbocycles. The van der Waals surface area contributed by atoms with E-state index in [2.05, 4.69) is 41.7 Å². The number of urea groups is 1. The van der Waals surface area contributed by atoms with Crippen molar-refractivity contribution in [2.24, 2.45) is 5.92 Å². The van der Waals surface area contributed by atoms with Gasteiger partial charge in [-0.1, -0.05) is 54.6 Å². The Kier molecular flexibility index (Phi) is 5.71. The van der Waals surface area contributed by atoms with Gasteiger partial charge in [0.25, 0.3) is 0 Å². The van der Waals surface area contributed by atoms with Crippen molar-refractivity contribution in [1.29, 1.82) is 0 Å². The number of aliphatic hydroxyl groups excluding tert-OH is 1. The smallest absolute Gasteiger partial charge is 0.317 e. The summed E-state index contributed by atoms with van der Waals surface area (Å²) in [6.45, 7) is 3.80. The van der Waals surface area contributed by atoms with Crippen LogP contribution in [0.1, 0.15) is 18.9 Å².